The average Bonchev–Trinajstić information content (AvgIpc) is 3.60. The van der Waals surface area contributed by atoms with Crippen LogP contribution in [0.5, 0.6) is 28.7 Å². The van der Waals surface area contributed by atoms with Crippen LogP contribution in [0.2, 0.25) is 0 Å². The van der Waals surface area contributed by atoms with Crippen LogP contribution in [-0.2, 0) is 9.59 Å². The van der Waals surface area contributed by atoms with E-state index in [4.69, 9.17) is 28.7 Å². The maximum atomic E-state index is 13.9. The summed E-state index contributed by atoms with van der Waals surface area (Å²) in [5.41, 5.74) is 1.45. The molecule has 0 bridgehead atoms. The van der Waals surface area contributed by atoms with Crippen molar-refractivity contribution in [2.24, 2.45) is 0 Å². The van der Waals surface area contributed by atoms with Crippen LogP contribution < -0.4 is 28.6 Å². The number of carbonyl (C=O) groups excluding carboxylic acids is 2. The van der Waals surface area contributed by atoms with E-state index >= 15 is 0 Å². The van der Waals surface area contributed by atoms with Gasteiger partial charge in [0.15, 0.2) is 28.1 Å². The Labute approximate surface area is 271 Å². The second-order valence-electron chi connectivity index (χ2n) is 10.8. The molecule has 3 aromatic carbocycles. The third-order valence-electron chi connectivity index (χ3n) is 7.71. The van der Waals surface area contributed by atoms with Gasteiger partial charge in [-0.25, -0.2) is 4.98 Å². The first-order chi connectivity index (χ1) is 22.4. The molecule has 0 radical (unpaired) electrons. The molecule has 4 aromatic rings. The number of aromatic nitrogens is 1. The minimum Gasteiger partial charge on any atom is -0.507 e. The Morgan fingerprint density at radius 1 is 0.913 bits per heavy atom. The highest BCUT2D eigenvalue weighted by atomic mass is 32.1. The highest BCUT2D eigenvalue weighted by Crippen LogP contribution is 2.47. The van der Waals surface area contributed by atoms with E-state index in [1.54, 1.807) is 36.4 Å². The first kappa shape index (κ1) is 31.2. The van der Waals surface area contributed by atoms with Crippen molar-refractivity contribution in [1.29, 1.82) is 0 Å². The number of amides is 1. The van der Waals surface area contributed by atoms with Gasteiger partial charge in [0.1, 0.15) is 24.7 Å². The number of aliphatic hydroxyl groups excluding tert-OH is 1. The van der Waals surface area contributed by atoms with Gasteiger partial charge >= 0.3 is 5.91 Å². The lowest BCUT2D eigenvalue weighted by atomic mass is 9.95. The van der Waals surface area contributed by atoms with E-state index in [0.29, 0.717) is 83.6 Å². The Hall–Kier alpha value is -4.77. The van der Waals surface area contributed by atoms with E-state index in [2.05, 4.69) is 6.92 Å². The number of carbonyl (C=O) groups is 2. The van der Waals surface area contributed by atoms with Crippen molar-refractivity contribution in [3.8, 4) is 28.7 Å². The van der Waals surface area contributed by atoms with Crippen molar-refractivity contribution in [2.45, 2.75) is 46.1 Å². The summed E-state index contributed by atoms with van der Waals surface area (Å²) in [4.78, 5) is 33.8. The van der Waals surface area contributed by atoms with E-state index < -0.39 is 17.7 Å². The number of Topliss-reactive ketones (excluding diaryl/α,β-unsaturated/α-hetero) is 1. The number of unbranched alkanes of at least 4 members (excludes halogenated alkanes) is 2. The lowest BCUT2D eigenvalue weighted by molar-refractivity contribution is -0.132. The van der Waals surface area contributed by atoms with Crippen LogP contribution in [-0.4, -0.2) is 54.8 Å². The number of hydrogen-bond acceptors (Lipinski definition) is 10. The van der Waals surface area contributed by atoms with Gasteiger partial charge in [0.2, 0.25) is 0 Å². The number of ketones is 1. The van der Waals surface area contributed by atoms with Gasteiger partial charge in [-0.3, -0.25) is 14.5 Å². The van der Waals surface area contributed by atoms with Crippen molar-refractivity contribution >= 4 is 44.1 Å². The summed E-state index contributed by atoms with van der Waals surface area (Å²) in [7, 11) is 0. The van der Waals surface area contributed by atoms with Gasteiger partial charge in [0, 0.05) is 5.56 Å². The van der Waals surface area contributed by atoms with E-state index in [0.717, 1.165) is 24.0 Å². The van der Waals surface area contributed by atoms with E-state index in [1.807, 2.05) is 32.0 Å². The molecule has 0 aliphatic carbocycles. The zero-order valence-electron chi connectivity index (χ0n) is 26.0. The van der Waals surface area contributed by atoms with Crippen LogP contribution in [0.15, 0.2) is 60.2 Å². The molecule has 10 nitrogen and oxygen atoms in total. The fourth-order valence-electron chi connectivity index (χ4n) is 5.56. The van der Waals surface area contributed by atoms with Crippen LogP contribution in [0.25, 0.3) is 16.0 Å². The average molecular weight is 645 g/mol. The summed E-state index contributed by atoms with van der Waals surface area (Å²) in [5, 5.41) is 12.0. The van der Waals surface area contributed by atoms with Gasteiger partial charge in [-0.1, -0.05) is 37.2 Å². The first-order valence-electron chi connectivity index (χ1n) is 15.6. The minimum atomic E-state index is -1.01. The summed E-state index contributed by atoms with van der Waals surface area (Å²) in [6, 6.07) is 14.7. The molecule has 2 aliphatic rings. The van der Waals surface area contributed by atoms with E-state index in [1.165, 1.54) is 16.2 Å². The Morgan fingerprint density at radius 3 is 2.50 bits per heavy atom. The number of ether oxygens (including phenoxy) is 5. The molecule has 46 heavy (non-hydrogen) atoms. The van der Waals surface area contributed by atoms with E-state index in [-0.39, 0.29) is 11.3 Å². The highest BCUT2D eigenvalue weighted by molar-refractivity contribution is 7.22. The second-order valence-corrected chi connectivity index (χ2v) is 11.8. The summed E-state index contributed by atoms with van der Waals surface area (Å²) in [5.74, 6) is 0.743. The highest BCUT2D eigenvalue weighted by Gasteiger charge is 2.48. The molecule has 0 spiro atoms. The number of thiazole rings is 1. The van der Waals surface area contributed by atoms with Gasteiger partial charge in [-0.2, -0.15) is 0 Å². The largest absolute Gasteiger partial charge is 0.507 e. The van der Waals surface area contributed by atoms with Crippen LogP contribution in [0.3, 0.4) is 0 Å². The standard InChI is InChI=1S/C35H36N2O8S/c1-4-7-8-15-43-25-13-9-21(18-27(25)42-6-3)31-30(32(38)22-10-14-26-28(19-22)45-17-16-44-26)33(39)34(40)37(31)35-36-24-12-11-23(41-5-2)20-29(24)46-35/h9-14,18-20,31,38H,4-8,15-17H2,1-3H3. The molecular formula is C35H36N2O8S. The first-order valence-corrected chi connectivity index (χ1v) is 16.4. The molecule has 1 aromatic heterocycles. The fourth-order valence-corrected chi connectivity index (χ4v) is 6.58. The number of nitrogens with zero attached hydrogens (tertiary/aromatic N) is 2. The molecule has 1 N–H and O–H groups in total. The summed E-state index contributed by atoms with van der Waals surface area (Å²) < 4.78 is 29.8. The lowest BCUT2D eigenvalue weighted by Gasteiger charge is -2.24. The van der Waals surface area contributed by atoms with Crippen molar-refractivity contribution in [2.75, 3.05) is 37.9 Å². The number of rotatable bonds is 12. The predicted molar refractivity (Wildman–Crippen MR) is 176 cm³/mol. The van der Waals surface area contributed by atoms with Crippen LogP contribution in [0, 0.1) is 0 Å². The minimum absolute atomic E-state index is 0.0741. The van der Waals surface area contributed by atoms with Crippen molar-refractivity contribution < 1.29 is 38.4 Å². The zero-order valence-corrected chi connectivity index (χ0v) is 26.9. The molecule has 240 valence electrons. The molecule has 1 saturated heterocycles. The van der Waals surface area contributed by atoms with Gasteiger partial charge < -0.3 is 28.8 Å². The van der Waals surface area contributed by atoms with Gasteiger partial charge in [-0.05, 0) is 74.4 Å². The normalized spacial score (nSPS) is 17.0. The topological polar surface area (TPSA) is 117 Å². The molecule has 1 amide bonds. The quantitative estimate of drug-likeness (QED) is 0.0749. The monoisotopic (exact) mass is 644 g/mol. The third-order valence-corrected chi connectivity index (χ3v) is 8.73. The maximum absolute atomic E-state index is 13.9. The third kappa shape index (κ3) is 6.06. The second kappa shape index (κ2) is 13.7. The number of anilines is 1. The summed E-state index contributed by atoms with van der Waals surface area (Å²) in [6.45, 7) is 8.10. The Balaban J connectivity index is 1.48. The Bertz CT molecular complexity index is 1800. The molecule has 2 aliphatic heterocycles. The molecular weight excluding hydrogens is 608 g/mol. The van der Waals surface area contributed by atoms with Crippen LogP contribution >= 0.6 is 11.3 Å². The van der Waals surface area contributed by atoms with E-state index in [9.17, 15) is 14.7 Å². The predicted octanol–water partition coefficient (Wildman–Crippen LogP) is 7.06. The molecule has 1 atom stereocenters. The molecule has 11 heteroatoms. The SMILES string of the molecule is CCCCCOc1ccc(C2C(=C(O)c3ccc4c(c3)OCCO4)C(=O)C(=O)N2c2nc3ccc(OCC)cc3s2)cc1OCC. The number of hydrogen-bond donors (Lipinski definition) is 1. The summed E-state index contributed by atoms with van der Waals surface area (Å²) in [6.07, 6.45) is 3.02. The van der Waals surface area contributed by atoms with Crippen LogP contribution in [0.4, 0.5) is 5.13 Å². The summed E-state index contributed by atoms with van der Waals surface area (Å²) >= 11 is 1.27. The molecule has 6 rings (SSSR count). The van der Waals surface area contributed by atoms with Gasteiger partial charge in [-0.15, -0.1) is 0 Å². The van der Waals surface area contributed by atoms with Gasteiger partial charge in [0.05, 0.1) is 41.7 Å². The van der Waals surface area contributed by atoms with Crippen LogP contribution in [0.1, 0.15) is 57.2 Å². The Morgan fingerprint density at radius 2 is 1.72 bits per heavy atom. The number of fused-ring (bicyclic) bond motifs is 2. The van der Waals surface area contributed by atoms with Crippen molar-refractivity contribution in [1.82, 2.24) is 4.98 Å². The van der Waals surface area contributed by atoms with Gasteiger partial charge in [0.25, 0.3) is 5.78 Å². The fraction of sp³-hybridized carbons (Fsp3) is 0.343. The molecule has 0 saturated carbocycles. The van der Waals surface area contributed by atoms with Crippen molar-refractivity contribution in [3.63, 3.8) is 0 Å². The lowest BCUT2D eigenvalue weighted by Crippen LogP contribution is -2.29. The van der Waals surface area contributed by atoms with Crippen molar-refractivity contribution in [3.05, 3.63) is 71.3 Å². The Kier molecular flexibility index (Phi) is 9.30. The zero-order chi connectivity index (χ0) is 32.2. The molecule has 1 fully saturated rings. The molecule has 1 unspecified atom stereocenters. The smallest absolute Gasteiger partial charge is 0.301 e. The number of aliphatic hydroxyl groups is 1. The maximum Gasteiger partial charge on any atom is 0.301 e. The number of benzene rings is 3. The molecule has 3 heterocycles.